The number of carbonyl (C=O) groups is 1. The average Bonchev–Trinajstić information content (AvgIpc) is 2.70. The van der Waals surface area contributed by atoms with E-state index < -0.39 is 5.82 Å². The number of halogens is 1. The van der Waals surface area contributed by atoms with Gasteiger partial charge in [-0.05, 0) is 38.0 Å². The molecule has 0 saturated carbocycles. The third kappa shape index (κ3) is 3.44. The summed E-state index contributed by atoms with van der Waals surface area (Å²) in [7, 11) is 3.28. The standard InChI is InChI=1S/C16H20FN3O2/c1-10-13(11(2)20(3)19-10)6-8-16(21)18-12-5-7-15(22-4)14(17)9-12/h5,7,9H,6,8H2,1-4H3,(H,18,21). The second-order valence-electron chi connectivity index (χ2n) is 5.17. The van der Waals surface area contributed by atoms with Gasteiger partial charge in [0.2, 0.25) is 5.91 Å². The molecular formula is C16H20FN3O2. The van der Waals surface area contributed by atoms with E-state index in [1.165, 1.54) is 19.2 Å². The van der Waals surface area contributed by atoms with Crippen LogP contribution in [0.1, 0.15) is 23.4 Å². The summed E-state index contributed by atoms with van der Waals surface area (Å²) >= 11 is 0. The second kappa shape index (κ2) is 6.60. The lowest BCUT2D eigenvalue weighted by Crippen LogP contribution is -2.13. The van der Waals surface area contributed by atoms with Crippen LogP contribution in [0.2, 0.25) is 0 Å². The van der Waals surface area contributed by atoms with Crippen LogP contribution in [0.3, 0.4) is 0 Å². The van der Waals surface area contributed by atoms with Crippen molar-refractivity contribution in [2.75, 3.05) is 12.4 Å². The number of benzene rings is 1. The maximum Gasteiger partial charge on any atom is 0.224 e. The van der Waals surface area contributed by atoms with Gasteiger partial charge in [0.25, 0.3) is 0 Å². The smallest absolute Gasteiger partial charge is 0.224 e. The number of amides is 1. The molecule has 0 radical (unpaired) electrons. The summed E-state index contributed by atoms with van der Waals surface area (Å²) in [5, 5.41) is 7.01. The normalized spacial score (nSPS) is 10.6. The first-order valence-electron chi connectivity index (χ1n) is 7.05. The number of methoxy groups -OCH3 is 1. The molecule has 0 saturated heterocycles. The van der Waals surface area contributed by atoms with E-state index in [4.69, 9.17) is 4.74 Å². The lowest BCUT2D eigenvalue weighted by atomic mass is 10.1. The van der Waals surface area contributed by atoms with Gasteiger partial charge < -0.3 is 10.1 Å². The van der Waals surface area contributed by atoms with Crippen molar-refractivity contribution < 1.29 is 13.9 Å². The third-order valence-electron chi connectivity index (χ3n) is 3.70. The van der Waals surface area contributed by atoms with E-state index in [1.807, 2.05) is 20.9 Å². The van der Waals surface area contributed by atoms with Gasteiger partial charge in [0.05, 0.1) is 12.8 Å². The molecule has 0 aliphatic heterocycles. The van der Waals surface area contributed by atoms with E-state index in [9.17, 15) is 9.18 Å². The number of rotatable bonds is 5. The largest absolute Gasteiger partial charge is 0.494 e. The van der Waals surface area contributed by atoms with Crippen molar-refractivity contribution in [3.05, 3.63) is 41.0 Å². The van der Waals surface area contributed by atoms with Crippen LogP contribution < -0.4 is 10.1 Å². The molecule has 1 heterocycles. The molecular weight excluding hydrogens is 285 g/mol. The number of anilines is 1. The molecule has 6 heteroatoms. The highest BCUT2D eigenvalue weighted by Gasteiger charge is 2.12. The fourth-order valence-corrected chi connectivity index (χ4v) is 2.39. The first-order chi connectivity index (χ1) is 10.4. The molecule has 1 aromatic heterocycles. The number of nitrogens with zero attached hydrogens (tertiary/aromatic N) is 2. The highest BCUT2D eigenvalue weighted by atomic mass is 19.1. The Morgan fingerprint density at radius 2 is 2.14 bits per heavy atom. The maximum absolute atomic E-state index is 13.6. The molecule has 0 atom stereocenters. The van der Waals surface area contributed by atoms with Crippen molar-refractivity contribution in [2.24, 2.45) is 7.05 Å². The lowest BCUT2D eigenvalue weighted by Gasteiger charge is -2.07. The molecule has 2 rings (SSSR count). The summed E-state index contributed by atoms with van der Waals surface area (Å²) in [5.74, 6) is -0.508. The van der Waals surface area contributed by atoms with E-state index >= 15 is 0 Å². The van der Waals surface area contributed by atoms with Crippen molar-refractivity contribution >= 4 is 11.6 Å². The molecule has 22 heavy (non-hydrogen) atoms. The monoisotopic (exact) mass is 305 g/mol. The van der Waals surface area contributed by atoms with Gasteiger partial charge in [-0.15, -0.1) is 0 Å². The van der Waals surface area contributed by atoms with Gasteiger partial charge in [-0.25, -0.2) is 4.39 Å². The third-order valence-corrected chi connectivity index (χ3v) is 3.70. The minimum atomic E-state index is -0.501. The zero-order chi connectivity index (χ0) is 16.3. The number of hydrogen-bond acceptors (Lipinski definition) is 3. The summed E-state index contributed by atoms with van der Waals surface area (Å²) < 4.78 is 20.2. The Labute approximate surface area is 129 Å². The average molecular weight is 305 g/mol. The predicted octanol–water partition coefficient (Wildman–Crippen LogP) is 2.76. The van der Waals surface area contributed by atoms with E-state index in [0.717, 1.165) is 17.0 Å². The Bertz CT molecular complexity index is 695. The summed E-state index contributed by atoms with van der Waals surface area (Å²) in [4.78, 5) is 12.0. The highest BCUT2D eigenvalue weighted by Crippen LogP contribution is 2.21. The SMILES string of the molecule is COc1ccc(NC(=O)CCc2c(C)nn(C)c2C)cc1F. The highest BCUT2D eigenvalue weighted by molar-refractivity contribution is 5.90. The van der Waals surface area contributed by atoms with E-state index in [-0.39, 0.29) is 11.7 Å². The number of ether oxygens (including phenoxy) is 1. The van der Waals surface area contributed by atoms with Crippen LogP contribution in [-0.4, -0.2) is 22.8 Å². The molecule has 0 aliphatic rings. The van der Waals surface area contributed by atoms with Crippen molar-refractivity contribution in [1.29, 1.82) is 0 Å². The van der Waals surface area contributed by atoms with Gasteiger partial charge in [-0.2, -0.15) is 5.10 Å². The number of aryl methyl sites for hydroxylation is 2. The maximum atomic E-state index is 13.6. The quantitative estimate of drug-likeness (QED) is 0.924. The minimum Gasteiger partial charge on any atom is -0.494 e. The van der Waals surface area contributed by atoms with E-state index in [0.29, 0.717) is 18.5 Å². The van der Waals surface area contributed by atoms with E-state index in [1.54, 1.807) is 10.7 Å². The molecule has 5 nitrogen and oxygen atoms in total. The molecule has 2 aromatic rings. The molecule has 0 spiro atoms. The van der Waals surface area contributed by atoms with Crippen LogP contribution in [-0.2, 0) is 18.3 Å². The number of carbonyl (C=O) groups excluding carboxylic acids is 1. The number of nitrogens with one attached hydrogen (secondary N) is 1. The first-order valence-corrected chi connectivity index (χ1v) is 7.05. The van der Waals surface area contributed by atoms with Crippen LogP contribution in [0.4, 0.5) is 10.1 Å². The molecule has 1 N–H and O–H groups in total. The lowest BCUT2D eigenvalue weighted by molar-refractivity contribution is -0.116. The van der Waals surface area contributed by atoms with Crippen LogP contribution >= 0.6 is 0 Å². The van der Waals surface area contributed by atoms with Gasteiger partial charge >= 0.3 is 0 Å². The molecule has 0 bridgehead atoms. The second-order valence-corrected chi connectivity index (χ2v) is 5.17. The summed E-state index contributed by atoms with van der Waals surface area (Å²) in [6, 6.07) is 4.35. The van der Waals surface area contributed by atoms with Crippen molar-refractivity contribution in [1.82, 2.24) is 9.78 Å². The Balaban J connectivity index is 1.97. The molecule has 0 unspecified atom stereocenters. The Morgan fingerprint density at radius 1 is 1.41 bits per heavy atom. The fraction of sp³-hybridized carbons (Fsp3) is 0.375. The van der Waals surface area contributed by atoms with Gasteiger partial charge in [-0.1, -0.05) is 0 Å². The molecule has 1 amide bonds. The van der Waals surface area contributed by atoms with Crippen LogP contribution in [0, 0.1) is 19.7 Å². The molecule has 0 fully saturated rings. The van der Waals surface area contributed by atoms with Crippen molar-refractivity contribution in [3.63, 3.8) is 0 Å². The number of aromatic nitrogens is 2. The van der Waals surface area contributed by atoms with Gasteiger partial charge in [-0.3, -0.25) is 9.48 Å². The predicted molar refractivity (Wildman–Crippen MR) is 82.6 cm³/mol. The summed E-state index contributed by atoms with van der Waals surface area (Å²) in [6.45, 7) is 3.91. The van der Waals surface area contributed by atoms with E-state index in [2.05, 4.69) is 10.4 Å². The topological polar surface area (TPSA) is 56.1 Å². The van der Waals surface area contributed by atoms with Gasteiger partial charge in [0, 0.05) is 30.9 Å². The van der Waals surface area contributed by atoms with Crippen LogP contribution in [0.25, 0.3) is 0 Å². The zero-order valence-corrected chi connectivity index (χ0v) is 13.2. The summed E-state index contributed by atoms with van der Waals surface area (Å²) in [6.07, 6.45) is 0.928. The Morgan fingerprint density at radius 3 is 2.68 bits per heavy atom. The van der Waals surface area contributed by atoms with Crippen molar-refractivity contribution in [3.8, 4) is 5.75 Å². The first kappa shape index (κ1) is 16.0. The molecule has 118 valence electrons. The summed E-state index contributed by atoms with van der Waals surface area (Å²) in [5.41, 5.74) is 3.49. The zero-order valence-electron chi connectivity index (χ0n) is 13.2. The molecule has 1 aromatic carbocycles. The fourth-order valence-electron chi connectivity index (χ4n) is 2.39. The van der Waals surface area contributed by atoms with Gasteiger partial charge in [0.1, 0.15) is 0 Å². The van der Waals surface area contributed by atoms with Crippen LogP contribution in [0.5, 0.6) is 5.75 Å². The Hall–Kier alpha value is -2.37. The minimum absolute atomic E-state index is 0.152. The van der Waals surface area contributed by atoms with Crippen LogP contribution in [0.15, 0.2) is 18.2 Å². The Kier molecular flexibility index (Phi) is 4.80. The van der Waals surface area contributed by atoms with Gasteiger partial charge in [0.15, 0.2) is 11.6 Å². The molecule has 0 aliphatic carbocycles. The number of hydrogen-bond donors (Lipinski definition) is 1. The van der Waals surface area contributed by atoms with Crippen molar-refractivity contribution in [2.45, 2.75) is 26.7 Å².